The van der Waals surface area contributed by atoms with Crippen LogP contribution in [0.25, 0.3) is 0 Å². The monoisotopic (exact) mass is 255 g/mol. The Morgan fingerprint density at radius 1 is 1.21 bits per heavy atom. The van der Waals surface area contributed by atoms with E-state index in [0.29, 0.717) is 6.54 Å². The molecule has 0 radical (unpaired) electrons. The first-order chi connectivity index (χ1) is 6.21. The van der Waals surface area contributed by atoms with Gasteiger partial charge in [0.25, 0.3) is 0 Å². The molecule has 0 amide bonds. The van der Waals surface area contributed by atoms with Crippen LogP contribution in [0, 0.1) is 0 Å². The number of rotatable bonds is 7. The summed E-state index contributed by atoms with van der Waals surface area (Å²) in [5.41, 5.74) is 0. The van der Waals surface area contributed by atoms with Gasteiger partial charge in [-0.15, -0.1) is 0 Å². The van der Waals surface area contributed by atoms with Gasteiger partial charge in [0.15, 0.2) is 0 Å². The molecule has 3 nitrogen and oxygen atoms in total. The molecular formula is C8H21NO2S2Si. The molecule has 0 spiro atoms. The molecule has 0 aliphatic heterocycles. The SMILES string of the molecule is C[Si](C)(C)CCSCCNS(C)(=O)=O. The van der Waals surface area contributed by atoms with E-state index < -0.39 is 18.1 Å². The summed E-state index contributed by atoms with van der Waals surface area (Å²) in [6.45, 7) is 7.60. The molecule has 0 bridgehead atoms. The molecule has 0 fully saturated rings. The van der Waals surface area contributed by atoms with Crippen molar-refractivity contribution in [1.29, 1.82) is 0 Å². The Bertz CT molecular complexity index is 247. The molecule has 0 saturated carbocycles. The summed E-state index contributed by atoms with van der Waals surface area (Å²) < 4.78 is 23.9. The van der Waals surface area contributed by atoms with Gasteiger partial charge in [0.1, 0.15) is 0 Å². The molecule has 0 aromatic rings. The van der Waals surface area contributed by atoms with Gasteiger partial charge in [-0.25, -0.2) is 13.1 Å². The molecule has 0 aliphatic rings. The van der Waals surface area contributed by atoms with Crippen molar-refractivity contribution in [2.75, 3.05) is 24.3 Å². The van der Waals surface area contributed by atoms with Crippen LogP contribution in [0.3, 0.4) is 0 Å². The van der Waals surface area contributed by atoms with E-state index in [-0.39, 0.29) is 0 Å². The first-order valence-electron chi connectivity index (χ1n) is 4.73. The van der Waals surface area contributed by atoms with Gasteiger partial charge in [0, 0.05) is 20.4 Å². The molecule has 86 valence electrons. The van der Waals surface area contributed by atoms with Gasteiger partial charge in [0.2, 0.25) is 10.0 Å². The molecule has 0 atom stereocenters. The van der Waals surface area contributed by atoms with E-state index in [1.807, 2.05) is 11.8 Å². The predicted octanol–water partition coefficient (Wildman–Crippen LogP) is 1.61. The second kappa shape index (κ2) is 6.15. The van der Waals surface area contributed by atoms with Gasteiger partial charge < -0.3 is 0 Å². The lowest BCUT2D eigenvalue weighted by atomic mass is 10.8. The van der Waals surface area contributed by atoms with Crippen molar-refractivity contribution < 1.29 is 8.42 Å². The summed E-state index contributed by atoms with van der Waals surface area (Å²) in [4.78, 5) is 0. The fourth-order valence-corrected chi connectivity index (χ4v) is 4.86. The lowest BCUT2D eigenvalue weighted by molar-refractivity contribution is 0.590. The molecule has 14 heavy (non-hydrogen) atoms. The summed E-state index contributed by atoms with van der Waals surface area (Å²) in [6, 6.07) is 1.30. The van der Waals surface area contributed by atoms with Gasteiger partial charge in [-0.05, 0) is 11.8 Å². The molecule has 0 saturated heterocycles. The van der Waals surface area contributed by atoms with Crippen LogP contribution in [0.5, 0.6) is 0 Å². The fourth-order valence-electron chi connectivity index (χ4n) is 0.780. The first kappa shape index (κ1) is 14.5. The third-order valence-electron chi connectivity index (χ3n) is 1.61. The largest absolute Gasteiger partial charge is 0.215 e. The molecule has 0 aromatic carbocycles. The van der Waals surface area contributed by atoms with Crippen LogP contribution >= 0.6 is 11.8 Å². The van der Waals surface area contributed by atoms with Crippen LogP contribution in [-0.4, -0.2) is 40.8 Å². The number of hydrogen-bond donors (Lipinski definition) is 1. The smallest absolute Gasteiger partial charge is 0.208 e. The summed E-state index contributed by atoms with van der Waals surface area (Å²) in [5, 5.41) is 0. The van der Waals surface area contributed by atoms with E-state index >= 15 is 0 Å². The highest BCUT2D eigenvalue weighted by atomic mass is 32.2. The minimum atomic E-state index is -2.99. The molecule has 0 heterocycles. The van der Waals surface area contributed by atoms with Gasteiger partial charge in [-0.2, -0.15) is 11.8 Å². The van der Waals surface area contributed by atoms with E-state index in [1.165, 1.54) is 12.3 Å². The Balaban J connectivity index is 3.32. The zero-order chi connectivity index (χ0) is 11.2. The second-order valence-corrected chi connectivity index (χ2v) is 13.3. The molecule has 0 unspecified atom stereocenters. The average Bonchev–Trinajstić information content (AvgIpc) is 1.92. The Labute approximate surface area is 93.1 Å². The van der Waals surface area contributed by atoms with Crippen molar-refractivity contribution in [2.45, 2.75) is 25.7 Å². The molecule has 0 aromatic heterocycles. The van der Waals surface area contributed by atoms with E-state index in [1.54, 1.807) is 0 Å². The van der Waals surface area contributed by atoms with E-state index in [9.17, 15) is 8.42 Å². The topological polar surface area (TPSA) is 46.2 Å². The zero-order valence-corrected chi connectivity index (χ0v) is 12.1. The molecule has 0 aliphatic carbocycles. The molecular weight excluding hydrogens is 234 g/mol. The first-order valence-corrected chi connectivity index (χ1v) is 11.5. The van der Waals surface area contributed by atoms with Gasteiger partial charge in [-0.3, -0.25) is 0 Å². The maximum atomic E-state index is 10.7. The summed E-state index contributed by atoms with van der Waals surface area (Å²) in [5.74, 6) is 2.03. The fraction of sp³-hybridized carbons (Fsp3) is 1.00. The quantitative estimate of drug-likeness (QED) is 0.555. The van der Waals surface area contributed by atoms with Crippen LogP contribution in [0.2, 0.25) is 25.7 Å². The third kappa shape index (κ3) is 12.5. The third-order valence-corrected chi connectivity index (χ3v) is 5.43. The van der Waals surface area contributed by atoms with E-state index in [4.69, 9.17) is 0 Å². The van der Waals surface area contributed by atoms with Gasteiger partial charge in [-0.1, -0.05) is 19.6 Å². The normalized spacial score (nSPS) is 13.1. The minimum absolute atomic E-state index is 0.551. The van der Waals surface area contributed by atoms with Crippen molar-refractivity contribution in [2.24, 2.45) is 0 Å². The van der Waals surface area contributed by atoms with Gasteiger partial charge in [0.05, 0.1) is 6.26 Å². The number of hydrogen-bond acceptors (Lipinski definition) is 3. The highest BCUT2D eigenvalue weighted by Gasteiger charge is 2.11. The standard InChI is InChI=1S/C8H21NO2S2Si/c1-13(10,11)9-5-6-12-7-8-14(2,3)4/h9H,5-8H2,1-4H3. The second-order valence-electron chi connectivity index (χ2n) is 4.59. The molecule has 6 heteroatoms. The van der Waals surface area contributed by atoms with Crippen molar-refractivity contribution in [1.82, 2.24) is 4.72 Å². The predicted molar refractivity (Wildman–Crippen MR) is 68.3 cm³/mol. The maximum Gasteiger partial charge on any atom is 0.208 e. The number of thioether (sulfide) groups is 1. The average molecular weight is 255 g/mol. The van der Waals surface area contributed by atoms with Crippen LogP contribution in [0.15, 0.2) is 0 Å². The minimum Gasteiger partial charge on any atom is -0.215 e. The zero-order valence-electron chi connectivity index (χ0n) is 9.46. The lowest BCUT2D eigenvalue weighted by Gasteiger charge is -2.14. The lowest BCUT2D eigenvalue weighted by Crippen LogP contribution is -2.25. The summed E-state index contributed by atoms with van der Waals surface area (Å²) >= 11 is 1.83. The number of sulfonamides is 1. The summed E-state index contributed by atoms with van der Waals surface area (Å²) in [6.07, 6.45) is 1.19. The van der Waals surface area contributed by atoms with E-state index in [2.05, 4.69) is 24.4 Å². The summed E-state index contributed by atoms with van der Waals surface area (Å²) in [7, 11) is -3.91. The Morgan fingerprint density at radius 3 is 2.21 bits per heavy atom. The molecule has 1 N–H and O–H groups in total. The van der Waals surface area contributed by atoms with Crippen molar-refractivity contribution in [3.8, 4) is 0 Å². The highest BCUT2D eigenvalue weighted by Crippen LogP contribution is 2.12. The van der Waals surface area contributed by atoms with Crippen molar-refractivity contribution >= 4 is 29.9 Å². The Morgan fingerprint density at radius 2 is 1.79 bits per heavy atom. The van der Waals surface area contributed by atoms with Crippen LogP contribution < -0.4 is 4.72 Å². The Kier molecular flexibility index (Phi) is 6.35. The van der Waals surface area contributed by atoms with Crippen LogP contribution in [0.4, 0.5) is 0 Å². The molecule has 0 rings (SSSR count). The van der Waals surface area contributed by atoms with Crippen LogP contribution in [-0.2, 0) is 10.0 Å². The van der Waals surface area contributed by atoms with Crippen LogP contribution in [0.1, 0.15) is 0 Å². The van der Waals surface area contributed by atoms with Crippen molar-refractivity contribution in [3.05, 3.63) is 0 Å². The maximum absolute atomic E-state index is 10.7. The van der Waals surface area contributed by atoms with E-state index in [0.717, 1.165) is 11.5 Å². The Hall–Kier alpha value is 0.477. The highest BCUT2D eigenvalue weighted by molar-refractivity contribution is 7.99. The van der Waals surface area contributed by atoms with Crippen molar-refractivity contribution in [3.63, 3.8) is 0 Å². The number of nitrogens with one attached hydrogen (secondary N) is 1. The van der Waals surface area contributed by atoms with Gasteiger partial charge >= 0.3 is 0 Å².